The monoisotopic (exact) mass is 344 g/mol. The lowest BCUT2D eigenvalue weighted by atomic mass is 9.95. The van der Waals surface area contributed by atoms with Crippen molar-refractivity contribution >= 4 is 15.7 Å². The Hall–Kier alpha value is -2.18. The number of nitrogens with zero attached hydrogens (tertiary/aromatic N) is 2. The van der Waals surface area contributed by atoms with Gasteiger partial charge in [-0.3, -0.25) is 0 Å². The van der Waals surface area contributed by atoms with Gasteiger partial charge in [-0.25, -0.2) is 0 Å². The van der Waals surface area contributed by atoms with Crippen LogP contribution in [0.25, 0.3) is 0 Å². The van der Waals surface area contributed by atoms with Gasteiger partial charge in [0.1, 0.15) is 5.54 Å². The fraction of sp³-hybridized carbons (Fsp3) is 0.278. The Kier molecular flexibility index (Phi) is 4.19. The molecule has 5 nitrogen and oxygen atoms in total. The van der Waals surface area contributed by atoms with Gasteiger partial charge in [-0.15, -0.1) is 0 Å². The van der Waals surface area contributed by atoms with Crippen molar-refractivity contribution in [3.63, 3.8) is 0 Å². The van der Waals surface area contributed by atoms with Crippen LogP contribution in [0.2, 0.25) is 0 Å². The molecule has 1 atom stereocenters. The summed E-state index contributed by atoms with van der Waals surface area (Å²) in [5.41, 5.74) is 1.50. The van der Waals surface area contributed by atoms with E-state index in [-0.39, 0.29) is 11.5 Å². The van der Waals surface area contributed by atoms with Crippen molar-refractivity contribution in [2.45, 2.75) is 30.7 Å². The second-order valence-electron chi connectivity index (χ2n) is 6.31. The van der Waals surface area contributed by atoms with E-state index in [2.05, 4.69) is 5.10 Å². The van der Waals surface area contributed by atoms with E-state index < -0.39 is 15.6 Å². The third kappa shape index (κ3) is 2.83. The second kappa shape index (κ2) is 6.03. The molecule has 0 spiro atoms. The van der Waals surface area contributed by atoms with Crippen LogP contribution < -0.4 is 0 Å². The van der Waals surface area contributed by atoms with Crippen molar-refractivity contribution in [1.82, 2.24) is 4.41 Å². The normalized spacial score (nSPS) is 21.0. The minimum atomic E-state index is -3.83. The summed E-state index contributed by atoms with van der Waals surface area (Å²) in [4.78, 5) is 0.172. The van der Waals surface area contributed by atoms with Crippen LogP contribution in [-0.2, 0) is 10.0 Å². The molecule has 1 aliphatic rings. The summed E-state index contributed by atoms with van der Waals surface area (Å²) in [6.07, 6.45) is 0.360. The fourth-order valence-electron chi connectivity index (χ4n) is 2.75. The molecule has 6 heteroatoms. The van der Waals surface area contributed by atoms with Crippen LogP contribution in [0.4, 0.5) is 0 Å². The highest BCUT2D eigenvalue weighted by molar-refractivity contribution is 7.89. The first-order valence-corrected chi connectivity index (χ1v) is 9.17. The van der Waals surface area contributed by atoms with Crippen LogP contribution in [0.1, 0.15) is 24.5 Å². The number of benzene rings is 2. The molecule has 3 rings (SSSR count). The minimum Gasteiger partial charge on any atom is -0.394 e. The van der Waals surface area contributed by atoms with Gasteiger partial charge in [0.15, 0.2) is 0 Å². The summed E-state index contributed by atoms with van der Waals surface area (Å²) in [5.74, 6) is 0. The molecule has 0 aliphatic carbocycles. The predicted molar refractivity (Wildman–Crippen MR) is 93.3 cm³/mol. The van der Waals surface area contributed by atoms with Gasteiger partial charge >= 0.3 is 0 Å². The average Bonchev–Trinajstić information content (AvgIpc) is 2.95. The van der Waals surface area contributed by atoms with Crippen molar-refractivity contribution in [3.05, 3.63) is 65.7 Å². The molecule has 2 aromatic carbocycles. The third-order valence-corrected chi connectivity index (χ3v) is 6.06. The third-order valence-electron chi connectivity index (χ3n) is 4.22. The maximum atomic E-state index is 13.0. The SMILES string of the molecule is Cc1ccc(S(=O)(=O)N2N=C(c3ccccc3)CC2(C)CO)cc1. The number of sulfonamides is 1. The maximum Gasteiger partial charge on any atom is 0.279 e. The fourth-order valence-corrected chi connectivity index (χ4v) is 4.34. The van der Waals surface area contributed by atoms with Crippen molar-refractivity contribution in [2.75, 3.05) is 6.61 Å². The molecule has 1 N–H and O–H groups in total. The van der Waals surface area contributed by atoms with Crippen LogP contribution in [-0.4, -0.2) is 35.8 Å². The van der Waals surface area contributed by atoms with E-state index in [1.165, 1.54) is 0 Å². The van der Waals surface area contributed by atoms with Crippen LogP contribution in [0, 0.1) is 6.92 Å². The highest BCUT2D eigenvalue weighted by Gasteiger charge is 2.45. The summed E-state index contributed by atoms with van der Waals surface area (Å²) >= 11 is 0. The average molecular weight is 344 g/mol. The van der Waals surface area contributed by atoms with Crippen molar-refractivity contribution in [2.24, 2.45) is 5.10 Å². The standard InChI is InChI=1S/C18H20N2O3S/c1-14-8-10-16(11-9-14)24(22,23)20-18(2,13-21)12-17(19-20)15-6-4-3-5-7-15/h3-11,21H,12-13H2,1-2H3. The summed E-state index contributed by atoms with van der Waals surface area (Å²) in [7, 11) is -3.83. The van der Waals surface area contributed by atoms with Crippen LogP contribution in [0.3, 0.4) is 0 Å². The van der Waals surface area contributed by atoms with Gasteiger partial charge in [0, 0.05) is 6.42 Å². The zero-order valence-corrected chi connectivity index (χ0v) is 14.5. The Bertz CT molecular complexity index is 861. The molecule has 0 saturated heterocycles. The number of hydrogen-bond donors (Lipinski definition) is 1. The molecule has 24 heavy (non-hydrogen) atoms. The minimum absolute atomic E-state index is 0.172. The Balaban J connectivity index is 2.06. The smallest absolute Gasteiger partial charge is 0.279 e. The summed E-state index contributed by atoms with van der Waals surface area (Å²) in [6, 6.07) is 16.1. The lowest BCUT2D eigenvalue weighted by molar-refractivity contribution is 0.127. The molecule has 0 radical (unpaired) electrons. The first kappa shape index (κ1) is 16.7. The van der Waals surface area contributed by atoms with E-state index in [0.717, 1.165) is 15.5 Å². The molecule has 0 fully saturated rings. The maximum absolute atomic E-state index is 13.0. The zero-order valence-electron chi connectivity index (χ0n) is 13.7. The number of hydrazone groups is 1. The van der Waals surface area contributed by atoms with Crippen molar-refractivity contribution in [3.8, 4) is 0 Å². The van der Waals surface area contributed by atoms with E-state index in [1.807, 2.05) is 37.3 Å². The summed E-state index contributed by atoms with van der Waals surface area (Å²) in [5, 5.41) is 14.2. The van der Waals surface area contributed by atoms with Crippen molar-refractivity contribution < 1.29 is 13.5 Å². The van der Waals surface area contributed by atoms with Gasteiger partial charge < -0.3 is 5.11 Å². The Morgan fingerprint density at radius 2 is 1.75 bits per heavy atom. The first-order valence-electron chi connectivity index (χ1n) is 7.73. The summed E-state index contributed by atoms with van der Waals surface area (Å²) < 4.78 is 27.1. The van der Waals surface area contributed by atoms with Gasteiger partial charge in [0.25, 0.3) is 10.0 Å². The first-order chi connectivity index (χ1) is 11.4. The van der Waals surface area contributed by atoms with Gasteiger partial charge in [-0.2, -0.15) is 17.9 Å². The zero-order chi connectivity index (χ0) is 17.4. The van der Waals surface area contributed by atoms with E-state index in [9.17, 15) is 13.5 Å². The van der Waals surface area contributed by atoms with Crippen LogP contribution in [0.15, 0.2) is 64.6 Å². The highest BCUT2D eigenvalue weighted by atomic mass is 32.2. The molecular weight excluding hydrogens is 324 g/mol. The van der Waals surface area contributed by atoms with E-state index in [0.29, 0.717) is 12.1 Å². The van der Waals surface area contributed by atoms with Gasteiger partial charge in [-0.05, 0) is 31.5 Å². The lowest BCUT2D eigenvalue weighted by Gasteiger charge is -2.31. The molecule has 0 saturated carbocycles. The largest absolute Gasteiger partial charge is 0.394 e. The second-order valence-corrected chi connectivity index (χ2v) is 8.07. The number of aliphatic hydroxyl groups excluding tert-OH is 1. The quantitative estimate of drug-likeness (QED) is 0.927. The van der Waals surface area contributed by atoms with Crippen LogP contribution in [0.5, 0.6) is 0 Å². The van der Waals surface area contributed by atoms with E-state index in [4.69, 9.17) is 0 Å². The Labute approximate surface area is 142 Å². The molecule has 0 bridgehead atoms. The van der Waals surface area contributed by atoms with Gasteiger partial charge in [-0.1, -0.05) is 48.0 Å². The van der Waals surface area contributed by atoms with Gasteiger partial charge in [0.2, 0.25) is 0 Å². The van der Waals surface area contributed by atoms with E-state index >= 15 is 0 Å². The Morgan fingerprint density at radius 1 is 1.12 bits per heavy atom. The molecular formula is C18H20N2O3S. The predicted octanol–water partition coefficient (Wildman–Crippen LogP) is 2.54. The number of aryl methyl sites for hydroxylation is 1. The topological polar surface area (TPSA) is 70.0 Å². The summed E-state index contributed by atoms with van der Waals surface area (Å²) in [6.45, 7) is 3.30. The molecule has 1 unspecified atom stereocenters. The van der Waals surface area contributed by atoms with Crippen LogP contribution >= 0.6 is 0 Å². The van der Waals surface area contributed by atoms with Gasteiger partial charge in [0.05, 0.1) is 17.2 Å². The number of rotatable bonds is 4. The molecule has 0 aromatic heterocycles. The highest BCUT2D eigenvalue weighted by Crippen LogP contribution is 2.34. The Morgan fingerprint density at radius 3 is 2.33 bits per heavy atom. The lowest BCUT2D eigenvalue weighted by Crippen LogP contribution is -2.46. The molecule has 1 aliphatic heterocycles. The molecule has 0 amide bonds. The number of hydrogen-bond acceptors (Lipinski definition) is 4. The molecule has 126 valence electrons. The number of aliphatic hydroxyl groups is 1. The molecule has 1 heterocycles. The van der Waals surface area contributed by atoms with Crippen molar-refractivity contribution in [1.29, 1.82) is 0 Å². The molecule has 2 aromatic rings. The van der Waals surface area contributed by atoms with E-state index in [1.54, 1.807) is 31.2 Å².